The molecule has 1 aliphatic heterocycles. The fourth-order valence-electron chi connectivity index (χ4n) is 4.56. The van der Waals surface area contributed by atoms with Gasteiger partial charge in [0.25, 0.3) is 0 Å². The van der Waals surface area contributed by atoms with Gasteiger partial charge in [-0.05, 0) is 43.0 Å². The van der Waals surface area contributed by atoms with Crippen LogP contribution in [0.15, 0.2) is 42.7 Å². The van der Waals surface area contributed by atoms with Crippen molar-refractivity contribution in [3.8, 4) is 5.69 Å². The molecule has 0 saturated carbocycles. The number of rotatable bonds is 1. The maximum Gasteiger partial charge on any atom is 0.304 e. The molecule has 0 bridgehead atoms. The first kappa shape index (κ1) is 14.8. The molecule has 2 aromatic carbocycles. The molecule has 25 heavy (non-hydrogen) atoms. The smallest absolute Gasteiger partial charge is 0.304 e. The van der Waals surface area contributed by atoms with Crippen molar-refractivity contribution in [1.29, 1.82) is 0 Å². The lowest BCUT2D eigenvalue weighted by Gasteiger charge is -2.23. The minimum absolute atomic E-state index is 0.216. The topological polar surface area (TPSA) is 30.9 Å². The van der Waals surface area contributed by atoms with Gasteiger partial charge in [0, 0.05) is 11.5 Å². The summed E-state index contributed by atoms with van der Waals surface area (Å²) in [5.41, 5.74) is 7.74. The summed E-state index contributed by atoms with van der Waals surface area (Å²) in [4.78, 5) is 0. The number of ether oxygens (including phenoxy) is 1. The lowest BCUT2D eigenvalue weighted by Crippen LogP contribution is -2.51. The molecule has 1 aliphatic carbocycles. The first-order chi connectivity index (χ1) is 12.1. The number of aryl methyl sites for hydroxylation is 3. The molecule has 0 fully saturated rings. The van der Waals surface area contributed by atoms with Crippen LogP contribution in [-0.4, -0.2) is 15.9 Å². The van der Waals surface area contributed by atoms with Crippen molar-refractivity contribution >= 4 is 0 Å². The Bertz CT molecular complexity index is 966. The summed E-state index contributed by atoms with van der Waals surface area (Å²) in [6.07, 6.45) is 3.36. The minimum Gasteiger partial charge on any atom is -0.363 e. The van der Waals surface area contributed by atoms with E-state index in [-0.39, 0.29) is 12.1 Å². The van der Waals surface area contributed by atoms with E-state index in [1.807, 2.05) is 4.68 Å². The molecule has 0 N–H and O–H groups in total. The SMILES string of the molecule is Cc1cc(C)c(-n2c[n+]3c(n2)COC2Cc4ccccc4[C@@H]23)c(C)c1. The normalized spacial score (nSPS) is 20.9. The third-order valence-corrected chi connectivity index (χ3v) is 5.49. The van der Waals surface area contributed by atoms with E-state index in [2.05, 4.69) is 68.1 Å². The molecule has 126 valence electrons. The van der Waals surface area contributed by atoms with Crippen molar-refractivity contribution in [2.45, 2.75) is 45.9 Å². The van der Waals surface area contributed by atoms with Crippen LogP contribution >= 0.6 is 0 Å². The molecule has 0 radical (unpaired) electrons. The maximum absolute atomic E-state index is 6.14. The molecule has 5 rings (SSSR count). The summed E-state index contributed by atoms with van der Waals surface area (Å²) in [5.74, 6) is 0.998. The summed E-state index contributed by atoms with van der Waals surface area (Å²) in [6, 6.07) is 13.4. The van der Waals surface area contributed by atoms with E-state index in [4.69, 9.17) is 9.84 Å². The Balaban J connectivity index is 1.65. The van der Waals surface area contributed by atoms with Gasteiger partial charge in [0.05, 0.1) is 0 Å². The highest BCUT2D eigenvalue weighted by molar-refractivity contribution is 5.48. The number of hydrogen-bond acceptors (Lipinski definition) is 2. The fourth-order valence-corrected chi connectivity index (χ4v) is 4.56. The summed E-state index contributed by atoms with van der Waals surface area (Å²) in [6.45, 7) is 7.03. The maximum atomic E-state index is 6.14. The first-order valence-corrected chi connectivity index (χ1v) is 8.89. The predicted molar refractivity (Wildman–Crippen MR) is 94.8 cm³/mol. The first-order valence-electron chi connectivity index (χ1n) is 8.89. The van der Waals surface area contributed by atoms with E-state index in [0.717, 1.165) is 12.2 Å². The van der Waals surface area contributed by atoms with Gasteiger partial charge < -0.3 is 4.74 Å². The van der Waals surface area contributed by atoms with Crippen LogP contribution in [0.2, 0.25) is 0 Å². The predicted octanol–water partition coefficient (Wildman–Crippen LogP) is 3.13. The third-order valence-electron chi connectivity index (χ3n) is 5.49. The molecular weight excluding hydrogens is 310 g/mol. The standard InChI is InChI=1S/C21H22N3O/c1-13-8-14(2)20(15(3)9-13)24-12-23-19(22-24)11-25-18-10-16-6-4-5-7-17(16)21(18)23/h4-9,12,18,21H,10-11H2,1-3H3/q+1/t18?,21-/m0/s1. The second-order valence-corrected chi connectivity index (χ2v) is 7.33. The second kappa shape index (κ2) is 5.27. The van der Waals surface area contributed by atoms with Gasteiger partial charge in [-0.15, -0.1) is 0 Å². The highest BCUT2D eigenvalue weighted by atomic mass is 16.5. The van der Waals surface area contributed by atoms with Crippen LogP contribution in [0.3, 0.4) is 0 Å². The van der Waals surface area contributed by atoms with Crippen LogP contribution in [-0.2, 0) is 17.8 Å². The monoisotopic (exact) mass is 332 g/mol. The Morgan fingerprint density at radius 2 is 1.88 bits per heavy atom. The average Bonchev–Trinajstić information content (AvgIpc) is 3.13. The van der Waals surface area contributed by atoms with Gasteiger partial charge in [-0.1, -0.05) is 46.6 Å². The number of benzene rings is 2. The second-order valence-electron chi connectivity index (χ2n) is 7.33. The Morgan fingerprint density at radius 1 is 1.12 bits per heavy atom. The van der Waals surface area contributed by atoms with Crippen molar-refractivity contribution in [2.75, 3.05) is 0 Å². The Kier molecular flexibility index (Phi) is 3.13. The van der Waals surface area contributed by atoms with Crippen LogP contribution in [0.4, 0.5) is 0 Å². The number of aromatic nitrogens is 3. The van der Waals surface area contributed by atoms with Crippen LogP contribution in [0.1, 0.15) is 39.7 Å². The van der Waals surface area contributed by atoms with Gasteiger partial charge in [0.2, 0.25) is 6.33 Å². The lowest BCUT2D eigenvalue weighted by molar-refractivity contribution is -0.739. The zero-order valence-electron chi connectivity index (χ0n) is 14.9. The summed E-state index contributed by atoms with van der Waals surface area (Å²) >= 11 is 0. The van der Waals surface area contributed by atoms with Crippen LogP contribution in [0.5, 0.6) is 0 Å². The molecule has 4 heteroatoms. The molecule has 0 saturated heterocycles. The highest BCUT2D eigenvalue weighted by Crippen LogP contribution is 2.35. The van der Waals surface area contributed by atoms with Gasteiger partial charge >= 0.3 is 5.82 Å². The molecule has 1 unspecified atom stereocenters. The molecule has 2 aliphatic rings. The van der Waals surface area contributed by atoms with Crippen molar-refractivity contribution in [1.82, 2.24) is 9.78 Å². The Morgan fingerprint density at radius 3 is 2.68 bits per heavy atom. The quantitative estimate of drug-likeness (QED) is 0.641. The van der Waals surface area contributed by atoms with Gasteiger partial charge in [0.1, 0.15) is 24.4 Å². The molecule has 2 heterocycles. The van der Waals surface area contributed by atoms with Gasteiger partial charge in [-0.2, -0.15) is 0 Å². The summed E-state index contributed by atoms with van der Waals surface area (Å²) in [5, 5.41) is 4.86. The van der Waals surface area contributed by atoms with E-state index < -0.39 is 0 Å². The lowest BCUT2D eigenvalue weighted by atomic mass is 10.1. The van der Waals surface area contributed by atoms with Crippen LogP contribution in [0.25, 0.3) is 5.69 Å². The van der Waals surface area contributed by atoms with Crippen molar-refractivity contribution in [2.24, 2.45) is 0 Å². The molecule has 0 spiro atoms. The molecule has 2 atom stereocenters. The van der Waals surface area contributed by atoms with E-state index >= 15 is 0 Å². The molecule has 4 nitrogen and oxygen atoms in total. The van der Waals surface area contributed by atoms with Gasteiger partial charge in [-0.25, -0.2) is 4.57 Å². The fraction of sp³-hybridized carbons (Fsp3) is 0.333. The largest absolute Gasteiger partial charge is 0.363 e. The summed E-state index contributed by atoms with van der Waals surface area (Å²) < 4.78 is 10.5. The van der Waals surface area contributed by atoms with E-state index in [9.17, 15) is 0 Å². The average molecular weight is 332 g/mol. The number of fused-ring (bicyclic) bond motifs is 5. The molecule has 3 aromatic rings. The van der Waals surface area contributed by atoms with Gasteiger partial charge in [-0.3, -0.25) is 0 Å². The zero-order valence-corrected chi connectivity index (χ0v) is 14.9. The van der Waals surface area contributed by atoms with Crippen LogP contribution < -0.4 is 4.57 Å². The zero-order chi connectivity index (χ0) is 17.1. The van der Waals surface area contributed by atoms with Crippen molar-refractivity contribution in [3.63, 3.8) is 0 Å². The minimum atomic E-state index is 0.216. The molecule has 0 amide bonds. The van der Waals surface area contributed by atoms with E-state index in [1.165, 1.54) is 33.5 Å². The summed E-state index contributed by atoms with van der Waals surface area (Å²) in [7, 11) is 0. The number of hydrogen-bond donors (Lipinski definition) is 0. The Labute approximate surface area is 147 Å². The van der Waals surface area contributed by atoms with Gasteiger partial charge in [0.15, 0.2) is 0 Å². The van der Waals surface area contributed by atoms with Crippen molar-refractivity contribution < 1.29 is 9.30 Å². The molecule has 1 aromatic heterocycles. The van der Waals surface area contributed by atoms with Crippen molar-refractivity contribution in [3.05, 3.63) is 76.4 Å². The Hall–Kier alpha value is -2.46. The third kappa shape index (κ3) is 2.17. The van der Waals surface area contributed by atoms with E-state index in [1.54, 1.807) is 0 Å². The highest BCUT2D eigenvalue weighted by Gasteiger charge is 2.43. The number of nitrogens with zero attached hydrogens (tertiary/aromatic N) is 3. The molecular formula is C21H22N3O+. The van der Waals surface area contributed by atoms with Crippen LogP contribution in [0, 0.1) is 20.8 Å². The van der Waals surface area contributed by atoms with E-state index in [0.29, 0.717) is 6.61 Å².